The van der Waals surface area contributed by atoms with Gasteiger partial charge in [0.05, 0.1) is 6.54 Å². The lowest BCUT2D eigenvalue weighted by Crippen LogP contribution is -2.53. The first-order chi connectivity index (χ1) is 12.5. The maximum atomic E-state index is 12.7. The fraction of sp³-hybridized carbons (Fsp3) is 0.550. The van der Waals surface area contributed by atoms with Crippen LogP contribution in [-0.2, 0) is 14.4 Å². The zero-order chi connectivity index (χ0) is 18.1. The van der Waals surface area contributed by atoms with E-state index in [4.69, 9.17) is 4.84 Å². The number of nitrogens with one attached hydrogen (secondary N) is 1. The third-order valence-electron chi connectivity index (χ3n) is 5.71. The lowest BCUT2D eigenvalue weighted by Gasteiger charge is -2.42. The van der Waals surface area contributed by atoms with Crippen molar-refractivity contribution in [3.63, 3.8) is 0 Å². The molecule has 6 nitrogen and oxygen atoms in total. The average Bonchev–Trinajstić information content (AvgIpc) is 3.03. The summed E-state index contributed by atoms with van der Waals surface area (Å²) in [6.45, 7) is 3.50. The number of nitrogens with zero attached hydrogens (tertiary/aromatic N) is 2. The first kappa shape index (κ1) is 17.1. The zero-order valence-electron chi connectivity index (χ0n) is 15.1. The molecule has 138 valence electrons. The third-order valence-corrected chi connectivity index (χ3v) is 5.71. The number of hydrogen-bond donors (Lipinski definition) is 1. The Bertz CT molecular complexity index is 727. The van der Waals surface area contributed by atoms with Crippen molar-refractivity contribution in [2.75, 3.05) is 18.4 Å². The van der Waals surface area contributed by atoms with Gasteiger partial charge in [-0.3, -0.25) is 9.59 Å². The van der Waals surface area contributed by atoms with Crippen LogP contribution in [0.4, 0.5) is 5.69 Å². The molecule has 0 aromatic heterocycles. The highest BCUT2D eigenvalue weighted by atomic mass is 16.7. The van der Waals surface area contributed by atoms with E-state index in [0.29, 0.717) is 24.6 Å². The van der Waals surface area contributed by atoms with Gasteiger partial charge in [-0.1, -0.05) is 30.3 Å². The molecule has 1 N–H and O–H groups in total. The Morgan fingerprint density at radius 2 is 2.04 bits per heavy atom. The van der Waals surface area contributed by atoms with Gasteiger partial charge in [0.25, 0.3) is 5.91 Å². The number of oxime groups is 1. The number of amides is 2. The highest BCUT2D eigenvalue weighted by Gasteiger charge is 2.47. The molecule has 1 saturated carbocycles. The smallest absolute Gasteiger partial charge is 0.273 e. The van der Waals surface area contributed by atoms with E-state index in [2.05, 4.69) is 17.4 Å². The molecule has 3 aliphatic rings. The molecule has 2 heterocycles. The molecule has 6 heteroatoms. The van der Waals surface area contributed by atoms with Crippen molar-refractivity contribution in [3.05, 3.63) is 30.3 Å². The van der Waals surface area contributed by atoms with E-state index in [1.807, 2.05) is 35.2 Å². The van der Waals surface area contributed by atoms with Crippen LogP contribution >= 0.6 is 0 Å². The van der Waals surface area contributed by atoms with Gasteiger partial charge in [-0.2, -0.15) is 0 Å². The maximum Gasteiger partial charge on any atom is 0.273 e. The van der Waals surface area contributed by atoms with E-state index in [1.54, 1.807) is 0 Å². The molecule has 4 rings (SSSR count). The molecule has 2 aliphatic heterocycles. The van der Waals surface area contributed by atoms with Crippen molar-refractivity contribution in [1.82, 2.24) is 4.90 Å². The van der Waals surface area contributed by atoms with Crippen LogP contribution in [0.3, 0.4) is 0 Å². The molecule has 0 radical (unpaired) electrons. The van der Waals surface area contributed by atoms with Gasteiger partial charge in [-0.25, -0.2) is 0 Å². The molecule has 1 atom stereocenters. The van der Waals surface area contributed by atoms with Crippen LogP contribution in [0.5, 0.6) is 0 Å². The van der Waals surface area contributed by atoms with Gasteiger partial charge in [-0.15, -0.1) is 0 Å². The summed E-state index contributed by atoms with van der Waals surface area (Å²) in [6, 6.07) is 9.32. The Labute approximate surface area is 153 Å². The summed E-state index contributed by atoms with van der Waals surface area (Å²) < 4.78 is 0. The number of anilines is 1. The number of carbonyl (C=O) groups is 2. The normalized spacial score (nSPS) is 30.3. The molecule has 1 aromatic rings. The van der Waals surface area contributed by atoms with Crippen LogP contribution in [-0.4, -0.2) is 41.1 Å². The predicted octanol–water partition coefficient (Wildman–Crippen LogP) is 2.81. The average molecular weight is 355 g/mol. The first-order valence-electron chi connectivity index (χ1n) is 9.45. The van der Waals surface area contributed by atoms with Crippen LogP contribution in [0.1, 0.15) is 39.0 Å². The predicted molar refractivity (Wildman–Crippen MR) is 98.6 cm³/mol. The van der Waals surface area contributed by atoms with Crippen LogP contribution in [0.2, 0.25) is 0 Å². The fourth-order valence-electron chi connectivity index (χ4n) is 4.24. The number of para-hydroxylation sites is 1. The topological polar surface area (TPSA) is 71.0 Å². The van der Waals surface area contributed by atoms with Crippen LogP contribution in [0, 0.1) is 11.8 Å². The standard InChI is InChI=1S/C20H25N3O3/c1-14-10-15(11-14)19(25)23-9-5-8-20(13-23)12-17(22-26-20)18(24)21-16-6-3-2-4-7-16/h2-4,6-7,14-15H,5,8-13H2,1H3,(H,21,24). The Morgan fingerprint density at radius 1 is 1.27 bits per heavy atom. The van der Waals surface area contributed by atoms with Crippen LogP contribution < -0.4 is 5.32 Å². The summed E-state index contributed by atoms with van der Waals surface area (Å²) >= 11 is 0. The van der Waals surface area contributed by atoms with Gasteiger partial charge in [-0.05, 0) is 43.7 Å². The van der Waals surface area contributed by atoms with Gasteiger partial charge < -0.3 is 15.1 Å². The number of piperidine rings is 1. The van der Waals surface area contributed by atoms with Crippen molar-refractivity contribution in [2.45, 2.75) is 44.6 Å². The second kappa shape index (κ2) is 6.74. The minimum atomic E-state index is -0.535. The van der Waals surface area contributed by atoms with Gasteiger partial charge in [0, 0.05) is 24.6 Å². The summed E-state index contributed by atoms with van der Waals surface area (Å²) in [5.74, 6) is 0.836. The minimum Gasteiger partial charge on any atom is -0.386 e. The molecule has 26 heavy (non-hydrogen) atoms. The Balaban J connectivity index is 1.36. The maximum absolute atomic E-state index is 12.7. The van der Waals surface area contributed by atoms with Gasteiger partial charge in [0.15, 0.2) is 5.60 Å². The quantitative estimate of drug-likeness (QED) is 0.906. The van der Waals surface area contributed by atoms with Crippen LogP contribution in [0.25, 0.3) is 0 Å². The van der Waals surface area contributed by atoms with E-state index >= 15 is 0 Å². The van der Waals surface area contributed by atoms with Gasteiger partial charge >= 0.3 is 0 Å². The Hall–Kier alpha value is -2.37. The van der Waals surface area contributed by atoms with E-state index in [9.17, 15) is 9.59 Å². The van der Waals surface area contributed by atoms with Gasteiger partial charge in [0.1, 0.15) is 5.71 Å². The molecule has 1 aromatic carbocycles. The molecule has 0 bridgehead atoms. The lowest BCUT2D eigenvalue weighted by atomic mass is 9.75. The SMILES string of the molecule is CC1CC(C(=O)N2CCCC3(CC(C(=O)Nc4ccccc4)=NO3)C2)C1. The molecular weight excluding hydrogens is 330 g/mol. The number of benzene rings is 1. The van der Waals surface area contributed by atoms with Crippen molar-refractivity contribution in [3.8, 4) is 0 Å². The van der Waals surface area contributed by atoms with E-state index in [-0.39, 0.29) is 17.7 Å². The summed E-state index contributed by atoms with van der Waals surface area (Å²) in [5, 5.41) is 6.91. The highest BCUT2D eigenvalue weighted by Crippen LogP contribution is 2.38. The van der Waals surface area contributed by atoms with E-state index in [0.717, 1.165) is 37.9 Å². The fourth-order valence-corrected chi connectivity index (χ4v) is 4.24. The molecule has 1 saturated heterocycles. The summed E-state index contributed by atoms with van der Waals surface area (Å²) in [4.78, 5) is 32.8. The Kier molecular flexibility index (Phi) is 4.42. The third kappa shape index (κ3) is 3.32. The van der Waals surface area contributed by atoms with Crippen molar-refractivity contribution in [2.24, 2.45) is 17.0 Å². The summed E-state index contributed by atoms with van der Waals surface area (Å²) in [7, 11) is 0. The summed E-state index contributed by atoms with van der Waals surface area (Å²) in [5.41, 5.74) is 0.605. The minimum absolute atomic E-state index is 0.170. The molecule has 1 aliphatic carbocycles. The first-order valence-corrected chi connectivity index (χ1v) is 9.45. The second-order valence-electron chi connectivity index (χ2n) is 7.95. The van der Waals surface area contributed by atoms with E-state index in [1.165, 1.54) is 0 Å². The van der Waals surface area contributed by atoms with E-state index < -0.39 is 5.60 Å². The number of hydrogen-bond acceptors (Lipinski definition) is 4. The largest absolute Gasteiger partial charge is 0.386 e. The zero-order valence-corrected chi connectivity index (χ0v) is 15.1. The van der Waals surface area contributed by atoms with Crippen molar-refractivity contribution >= 4 is 23.2 Å². The molecule has 1 unspecified atom stereocenters. The molecule has 1 spiro atoms. The number of rotatable bonds is 3. The highest BCUT2D eigenvalue weighted by molar-refractivity contribution is 6.43. The van der Waals surface area contributed by atoms with Gasteiger partial charge in [0.2, 0.25) is 5.91 Å². The molecular formula is C20H25N3O3. The lowest BCUT2D eigenvalue weighted by molar-refractivity contribution is -0.148. The van der Waals surface area contributed by atoms with Crippen molar-refractivity contribution in [1.29, 1.82) is 0 Å². The second-order valence-corrected chi connectivity index (χ2v) is 7.95. The monoisotopic (exact) mass is 355 g/mol. The molecule has 2 fully saturated rings. The Morgan fingerprint density at radius 3 is 2.77 bits per heavy atom. The summed E-state index contributed by atoms with van der Waals surface area (Å²) in [6.07, 6.45) is 4.14. The molecule has 2 amide bonds. The van der Waals surface area contributed by atoms with Crippen LogP contribution in [0.15, 0.2) is 35.5 Å². The number of carbonyl (C=O) groups excluding carboxylic acids is 2. The van der Waals surface area contributed by atoms with Crippen molar-refractivity contribution < 1.29 is 14.4 Å². The number of likely N-dealkylation sites (tertiary alicyclic amines) is 1.